The van der Waals surface area contributed by atoms with Crippen molar-refractivity contribution in [1.82, 2.24) is 9.88 Å². The van der Waals surface area contributed by atoms with Crippen LogP contribution in [0.2, 0.25) is 0 Å². The maximum absolute atomic E-state index is 3.53. The highest BCUT2D eigenvalue weighted by Gasteiger charge is 2.40. The quantitative estimate of drug-likeness (QED) is 0.722. The molecule has 0 amide bonds. The van der Waals surface area contributed by atoms with Crippen molar-refractivity contribution < 1.29 is 0 Å². The minimum absolute atomic E-state index is 0.508. The normalized spacial score (nSPS) is 25.5. The van der Waals surface area contributed by atoms with Crippen LogP contribution in [0.3, 0.4) is 0 Å². The van der Waals surface area contributed by atoms with Crippen LogP contribution >= 0.6 is 0 Å². The number of hydrogen-bond acceptors (Lipinski definition) is 1. The molecule has 2 nitrogen and oxygen atoms in total. The van der Waals surface area contributed by atoms with Crippen molar-refractivity contribution in [1.29, 1.82) is 0 Å². The molecule has 0 atom stereocenters. The summed E-state index contributed by atoms with van der Waals surface area (Å²) < 4.78 is 2.47. The minimum Gasteiger partial charge on any atom is -0.346 e. The molecule has 90 valence electrons. The fourth-order valence-electron chi connectivity index (χ4n) is 4.07. The first-order valence-electron chi connectivity index (χ1n) is 6.99. The number of nitrogens with one attached hydrogen (secondary N) is 1. The molecule has 0 unspecified atom stereocenters. The van der Waals surface area contributed by atoms with E-state index in [1.165, 1.54) is 32.1 Å². The van der Waals surface area contributed by atoms with Crippen LogP contribution in [0.15, 0.2) is 18.3 Å². The molecule has 1 aliphatic heterocycles. The van der Waals surface area contributed by atoms with Crippen molar-refractivity contribution in [2.24, 2.45) is 0 Å². The molecule has 1 aromatic heterocycles. The van der Waals surface area contributed by atoms with Crippen LogP contribution in [0.5, 0.6) is 0 Å². The molecule has 0 saturated heterocycles. The fourth-order valence-corrected chi connectivity index (χ4v) is 4.07. The summed E-state index contributed by atoms with van der Waals surface area (Å²) in [4.78, 5) is 0. The van der Waals surface area contributed by atoms with Gasteiger partial charge in [-0.25, -0.2) is 0 Å². The Bertz CT molecular complexity index is 475. The predicted molar refractivity (Wildman–Crippen MR) is 70.0 cm³/mol. The summed E-state index contributed by atoms with van der Waals surface area (Å²) in [7, 11) is 0. The van der Waals surface area contributed by atoms with Crippen LogP contribution in [0.4, 0.5) is 0 Å². The zero-order valence-electron chi connectivity index (χ0n) is 10.3. The molecule has 0 radical (unpaired) electrons. The van der Waals surface area contributed by atoms with E-state index in [4.69, 9.17) is 0 Å². The molecule has 1 N–H and O–H groups in total. The maximum atomic E-state index is 3.53. The van der Waals surface area contributed by atoms with Gasteiger partial charge >= 0.3 is 0 Å². The van der Waals surface area contributed by atoms with Gasteiger partial charge in [0.15, 0.2) is 0 Å². The van der Waals surface area contributed by atoms with E-state index in [0.717, 1.165) is 19.6 Å². The lowest BCUT2D eigenvalue weighted by Crippen LogP contribution is -2.26. The van der Waals surface area contributed by atoms with E-state index in [1.807, 2.05) is 0 Å². The van der Waals surface area contributed by atoms with E-state index in [1.54, 1.807) is 16.8 Å². The molecule has 3 aliphatic rings. The number of rotatable bonds is 0. The summed E-state index contributed by atoms with van der Waals surface area (Å²) in [6.45, 7) is 3.29. The molecule has 0 aromatic carbocycles. The molecule has 1 aromatic rings. The number of fused-ring (bicyclic) bond motifs is 1. The first-order chi connectivity index (χ1) is 8.39. The summed E-state index contributed by atoms with van der Waals surface area (Å²) >= 11 is 0. The molecule has 4 rings (SSSR count). The standard InChI is InChI=1S/C15H20N2/c1-2-6-15(5-1)7-3-12-11-16-8-10-17-9-4-13(15)14(12)17/h3-4,9,16H,1-2,5-8,10-11H2. The fraction of sp³-hybridized carbons (Fsp3) is 0.600. The summed E-state index contributed by atoms with van der Waals surface area (Å²) in [6.07, 6.45) is 11.8. The van der Waals surface area contributed by atoms with Crippen LogP contribution in [0.1, 0.15) is 43.4 Å². The largest absolute Gasteiger partial charge is 0.346 e. The van der Waals surface area contributed by atoms with Crippen molar-refractivity contribution in [2.75, 3.05) is 13.1 Å². The van der Waals surface area contributed by atoms with Gasteiger partial charge in [-0.15, -0.1) is 0 Å². The van der Waals surface area contributed by atoms with Crippen LogP contribution in [0, 0.1) is 0 Å². The Hall–Kier alpha value is -1.02. The molecule has 2 heteroatoms. The Morgan fingerprint density at radius 1 is 1.24 bits per heavy atom. The summed E-state index contributed by atoms with van der Waals surface area (Å²) in [5.41, 5.74) is 5.27. The van der Waals surface area contributed by atoms with E-state index in [9.17, 15) is 0 Å². The second-order valence-electron chi connectivity index (χ2n) is 5.87. The Morgan fingerprint density at radius 2 is 2.12 bits per heavy atom. The van der Waals surface area contributed by atoms with Crippen molar-refractivity contribution in [3.8, 4) is 0 Å². The second kappa shape index (κ2) is 3.49. The van der Waals surface area contributed by atoms with Crippen LogP contribution in [0.25, 0.3) is 5.57 Å². The first-order valence-corrected chi connectivity index (χ1v) is 6.99. The summed E-state index contributed by atoms with van der Waals surface area (Å²) in [5, 5.41) is 3.53. The molecule has 1 fully saturated rings. The molecule has 1 spiro atoms. The van der Waals surface area contributed by atoms with Gasteiger partial charge in [0.1, 0.15) is 0 Å². The van der Waals surface area contributed by atoms with Gasteiger partial charge in [-0.2, -0.15) is 0 Å². The van der Waals surface area contributed by atoms with Gasteiger partial charge in [0, 0.05) is 36.9 Å². The highest BCUT2D eigenvalue weighted by Crippen LogP contribution is 2.49. The number of nitrogens with zero attached hydrogens (tertiary/aromatic N) is 1. The molecule has 2 heterocycles. The lowest BCUT2D eigenvalue weighted by Gasteiger charge is -2.33. The summed E-state index contributed by atoms with van der Waals surface area (Å²) in [6, 6.07) is 2.42. The molecule has 1 saturated carbocycles. The van der Waals surface area contributed by atoms with Gasteiger partial charge in [-0.1, -0.05) is 18.9 Å². The highest BCUT2D eigenvalue weighted by molar-refractivity contribution is 5.71. The average Bonchev–Trinajstić information content (AvgIpc) is 2.92. The van der Waals surface area contributed by atoms with Gasteiger partial charge in [0.2, 0.25) is 0 Å². The van der Waals surface area contributed by atoms with Gasteiger partial charge in [-0.3, -0.25) is 0 Å². The zero-order chi connectivity index (χ0) is 11.3. The van der Waals surface area contributed by atoms with Crippen molar-refractivity contribution in [3.05, 3.63) is 29.6 Å². The van der Waals surface area contributed by atoms with Gasteiger partial charge in [0.25, 0.3) is 0 Å². The van der Waals surface area contributed by atoms with Crippen LogP contribution < -0.4 is 5.32 Å². The molecule has 0 bridgehead atoms. The van der Waals surface area contributed by atoms with Crippen LogP contribution in [-0.4, -0.2) is 17.7 Å². The van der Waals surface area contributed by atoms with Gasteiger partial charge in [0.05, 0.1) is 0 Å². The smallest absolute Gasteiger partial charge is 0.0487 e. The Morgan fingerprint density at radius 3 is 3.00 bits per heavy atom. The molecule has 17 heavy (non-hydrogen) atoms. The second-order valence-corrected chi connectivity index (χ2v) is 5.87. The molecular formula is C15H20N2. The third-order valence-corrected chi connectivity index (χ3v) is 4.98. The third-order valence-electron chi connectivity index (χ3n) is 4.98. The lowest BCUT2D eigenvalue weighted by molar-refractivity contribution is 0.439. The van der Waals surface area contributed by atoms with E-state index >= 15 is 0 Å². The summed E-state index contributed by atoms with van der Waals surface area (Å²) in [5.74, 6) is 0. The Labute approximate surface area is 103 Å². The van der Waals surface area contributed by atoms with Gasteiger partial charge < -0.3 is 9.88 Å². The monoisotopic (exact) mass is 228 g/mol. The maximum Gasteiger partial charge on any atom is 0.0487 e. The molecular weight excluding hydrogens is 208 g/mol. The lowest BCUT2D eigenvalue weighted by atomic mass is 9.72. The average molecular weight is 228 g/mol. The SMILES string of the molecule is C1=C2CNCCn3ccc(c32)C2(C1)CCCC2. The van der Waals surface area contributed by atoms with E-state index < -0.39 is 0 Å². The Balaban J connectivity index is 1.90. The van der Waals surface area contributed by atoms with Crippen molar-refractivity contribution in [3.63, 3.8) is 0 Å². The van der Waals surface area contributed by atoms with E-state index in [-0.39, 0.29) is 0 Å². The highest BCUT2D eigenvalue weighted by atomic mass is 15.0. The predicted octanol–water partition coefficient (Wildman–Crippen LogP) is 2.69. The van der Waals surface area contributed by atoms with E-state index in [2.05, 4.69) is 28.2 Å². The number of allylic oxidation sites excluding steroid dienone is 1. The van der Waals surface area contributed by atoms with Crippen molar-refractivity contribution in [2.45, 2.75) is 44.1 Å². The van der Waals surface area contributed by atoms with Crippen molar-refractivity contribution >= 4 is 5.57 Å². The van der Waals surface area contributed by atoms with E-state index in [0.29, 0.717) is 5.41 Å². The van der Waals surface area contributed by atoms with Crippen LogP contribution in [-0.2, 0) is 12.0 Å². The van der Waals surface area contributed by atoms with Gasteiger partial charge in [-0.05, 0) is 36.5 Å². The minimum atomic E-state index is 0.508. The Kier molecular flexibility index (Phi) is 2.04. The number of aromatic nitrogens is 1. The third kappa shape index (κ3) is 1.30. The number of hydrogen-bond donors (Lipinski definition) is 1. The zero-order valence-corrected chi connectivity index (χ0v) is 10.3. The molecule has 2 aliphatic carbocycles. The topological polar surface area (TPSA) is 17.0 Å². The first kappa shape index (κ1) is 9.95.